The smallest absolute Gasteiger partial charge is 0.261 e. The molecule has 2 saturated heterocycles. The van der Waals surface area contributed by atoms with Gasteiger partial charge in [-0.3, -0.25) is 14.5 Å². The first-order valence-corrected chi connectivity index (χ1v) is 9.12. The van der Waals surface area contributed by atoms with Gasteiger partial charge in [-0.2, -0.15) is 0 Å². The molecule has 138 valence electrons. The fourth-order valence-corrected chi connectivity index (χ4v) is 4.03. The number of rotatable bonds is 4. The minimum Gasteiger partial charge on any atom is -0.371 e. The van der Waals surface area contributed by atoms with Crippen LogP contribution in [0.3, 0.4) is 0 Å². The molecule has 2 aromatic carbocycles. The Hall–Kier alpha value is -2.54. The van der Waals surface area contributed by atoms with Gasteiger partial charge in [-0.1, -0.05) is 42.5 Å². The summed E-state index contributed by atoms with van der Waals surface area (Å²) in [6.45, 7) is 0.856. The van der Waals surface area contributed by atoms with E-state index in [0.29, 0.717) is 30.8 Å². The van der Waals surface area contributed by atoms with E-state index in [1.165, 1.54) is 4.90 Å². The number of amides is 2. The standard InChI is InChI=1S/C21H19NO5/c23-19-14-8-4-5-9-15(14)20(24)22(19)16-10-17(18-12-26-21(16)27-18)25-11-13-6-2-1-3-7-13/h1-9,16-18,21H,10-12H2/t16-,17+,18-,21-/m1/s1. The Kier molecular flexibility index (Phi) is 4.04. The Bertz CT molecular complexity index is 848. The third kappa shape index (κ3) is 2.77. The van der Waals surface area contributed by atoms with Crippen LogP contribution >= 0.6 is 0 Å². The van der Waals surface area contributed by atoms with Crippen LogP contribution in [0.25, 0.3) is 0 Å². The zero-order chi connectivity index (χ0) is 18.4. The summed E-state index contributed by atoms with van der Waals surface area (Å²) < 4.78 is 17.7. The summed E-state index contributed by atoms with van der Waals surface area (Å²) in [6, 6.07) is 16.3. The van der Waals surface area contributed by atoms with Gasteiger partial charge in [0, 0.05) is 6.42 Å². The number of nitrogens with zero attached hydrogens (tertiary/aromatic N) is 1. The molecule has 3 aliphatic heterocycles. The van der Waals surface area contributed by atoms with E-state index in [-0.39, 0.29) is 24.0 Å². The molecule has 2 amide bonds. The van der Waals surface area contributed by atoms with E-state index in [1.54, 1.807) is 24.3 Å². The van der Waals surface area contributed by atoms with Crippen molar-refractivity contribution in [2.24, 2.45) is 0 Å². The maximum atomic E-state index is 12.8. The number of fused-ring (bicyclic) bond motifs is 3. The summed E-state index contributed by atoms with van der Waals surface area (Å²) >= 11 is 0. The van der Waals surface area contributed by atoms with Gasteiger partial charge in [0.25, 0.3) is 11.8 Å². The largest absolute Gasteiger partial charge is 0.371 e. The fourth-order valence-electron chi connectivity index (χ4n) is 4.03. The molecule has 0 aliphatic carbocycles. The molecule has 3 heterocycles. The maximum Gasteiger partial charge on any atom is 0.261 e. The van der Waals surface area contributed by atoms with Crippen LogP contribution in [0.4, 0.5) is 0 Å². The fraction of sp³-hybridized carbons (Fsp3) is 0.333. The molecule has 0 aromatic heterocycles. The monoisotopic (exact) mass is 365 g/mol. The summed E-state index contributed by atoms with van der Waals surface area (Å²) in [6.07, 6.45) is -0.495. The van der Waals surface area contributed by atoms with Gasteiger partial charge in [0.05, 0.1) is 36.5 Å². The highest BCUT2D eigenvalue weighted by atomic mass is 16.7. The molecule has 6 heteroatoms. The second-order valence-electron chi connectivity index (χ2n) is 7.04. The van der Waals surface area contributed by atoms with E-state index < -0.39 is 12.3 Å². The maximum absolute atomic E-state index is 12.8. The average Bonchev–Trinajstić information content (AvgIpc) is 3.24. The number of ether oxygens (including phenoxy) is 3. The molecule has 0 unspecified atom stereocenters. The summed E-state index contributed by atoms with van der Waals surface area (Å²) in [5.74, 6) is -0.583. The summed E-state index contributed by atoms with van der Waals surface area (Å²) in [5, 5.41) is 0. The minimum atomic E-state index is -0.589. The number of hydrogen-bond donors (Lipinski definition) is 0. The Morgan fingerprint density at radius 1 is 0.963 bits per heavy atom. The van der Waals surface area contributed by atoms with E-state index >= 15 is 0 Å². The van der Waals surface area contributed by atoms with E-state index in [4.69, 9.17) is 14.2 Å². The van der Waals surface area contributed by atoms with E-state index in [2.05, 4.69) is 0 Å². The van der Waals surface area contributed by atoms with Crippen molar-refractivity contribution in [1.29, 1.82) is 0 Å². The van der Waals surface area contributed by atoms with Crippen LogP contribution in [0.5, 0.6) is 0 Å². The van der Waals surface area contributed by atoms with Gasteiger partial charge in [-0.25, -0.2) is 0 Å². The van der Waals surface area contributed by atoms with Crippen LogP contribution < -0.4 is 0 Å². The second-order valence-corrected chi connectivity index (χ2v) is 7.04. The lowest BCUT2D eigenvalue weighted by molar-refractivity contribution is -0.166. The number of benzene rings is 2. The van der Waals surface area contributed by atoms with Gasteiger partial charge < -0.3 is 14.2 Å². The topological polar surface area (TPSA) is 65.1 Å². The highest BCUT2D eigenvalue weighted by Gasteiger charge is 2.51. The first-order chi connectivity index (χ1) is 13.2. The van der Waals surface area contributed by atoms with Gasteiger partial charge in [-0.15, -0.1) is 0 Å². The molecule has 0 N–H and O–H groups in total. The Labute approximate surface area is 156 Å². The molecule has 27 heavy (non-hydrogen) atoms. The van der Waals surface area contributed by atoms with Crippen molar-refractivity contribution in [2.75, 3.05) is 6.61 Å². The zero-order valence-corrected chi connectivity index (χ0v) is 14.6. The Balaban J connectivity index is 1.36. The summed E-state index contributed by atoms with van der Waals surface area (Å²) in [5.41, 5.74) is 1.93. The zero-order valence-electron chi connectivity index (χ0n) is 14.6. The molecule has 5 rings (SSSR count). The molecular formula is C21H19NO5. The molecule has 2 fully saturated rings. The van der Waals surface area contributed by atoms with E-state index in [9.17, 15) is 9.59 Å². The van der Waals surface area contributed by atoms with Gasteiger partial charge in [0.15, 0.2) is 6.29 Å². The number of imide groups is 1. The molecule has 2 bridgehead atoms. The van der Waals surface area contributed by atoms with Crippen LogP contribution in [0, 0.1) is 0 Å². The molecular weight excluding hydrogens is 346 g/mol. The normalized spacial score (nSPS) is 29.3. The van der Waals surface area contributed by atoms with Gasteiger partial charge in [0.1, 0.15) is 6.10 Å². The van der Waals surface area contributed by atoms with Crippen LogP contribution in [0.2, 0.25) is 0 Å². The van der Waals surface area contributed by atoms with Crippen LogP contribution in [0.15, 0.2) is 54.6 Å². The quantitative estimate of drug-likeness (QED) is 0.779. The number of carbonyl (C=O) groups is 2. The lowest BCUT2D eigenvalue weighted by Crippen LogP contribution is -2.53. The molecule has 4 atom stereocenters. The van der Waals surface area contributed by atoms with Crippen molar-refractivity contribution in [3.05, 3.63) is 71.3 Å². The SMILES string of the molecule is O=C1c2ccccc2C(=O)N1[C@@H]1C[C@H](OCc2ccccc2)[C@H]2CO[C@@H]1O2. The molecule has 2 aromatic rings. The van der Waals surface area contributed by atoms with Gasteiger partial charge >= 0.3 is 0 Å². The Morgan fingerprint density at radius 2 is 1.63 bits per heavy atom. The van der Waals surface area contributed by atoms with Gasteiger partial charge in [-0.05, 0) is 17.7 Å². The van der Waals surface area contributed by atoms with Gasteiger partial charge in [0.2, 0.25) is 0 Å². The molecule has 0 spiro atoms. The molecule has 0 radical (unpaired) electrons. The average molecular weight is 365 g/mol. The number of carbonyl (C=O) groups excluding carboxylic acids is 2. The third-order valence-electron chi connectivity index (χ3n) is 5.40. The van der Waals surface area contributed by atoms with Crippen LogP contribution in [0.1, 0.15) is 32.7 Å². The van der Waals surface area contributed by atoms with Crippen molar-refractivity contribution in [3.63, 3.8) is 0 Å². The summed E-state index contributed by atoms with van der Waals surface area (Å²) in [7, 11) is 0. The van der Waals surface area contributed by atoms with Crippen molar-refractivity contribution < 1.29 is 23.8 Å². The van der Waals surface area contributed by atoms with E-state index in [0.717, 1.165) is 5.56 Å². The first-order valence-electron chi connectivity index (χ1n) is 9.12. The lowest BCUT2D eigenvalue weighted by atomic mass is 10.0. The van der Waals surface area contributed by atoms with Crippen molar-refractivity contribution in [1.82, 2.24) is 4.90 Å². The third-order valence-corrected chi connectivity index (χ3v) is 5.40. The summed E-state index contributed by atoms with van der Waals surface area (Å²) in [4.78, 5) is 26.9. The lowest BCUT2D eigenvalue weighted by Gasteiger charge is -2.37. The first kappa shape index (κ1) is 16.6. The molecule has 6 nitrogen and oxygen atoms in total. The predicted molar refractivity (Wildman–Crippen MR) is 95.0 cm³/mol. The Morgan fingerprint density at radius 3 is 2.33 bits per heavy atom. The predicted octanol–water partition coefficient (Wildman–Crippen LogP) is 2.38. The van der Waals surface area contributed by atoms with Crippen molar-refractivity contribution in [2.45, 2.75) is 37.6 Å². The van der Waals surface area contributed by atoms with Crippen molar-refractivity contribution >= 4 is 11.8 Å². The minimum absolute atomic E-state index is 0.176. The highest BCUT2D eigenvalue weighted by molar-refractivity contribution is 6.21. The van der Waals surface area contributed by atoms with Crippen LogP contribution in [-0.4, -0.2) is 47.9 Å². The highest BCUT2D eigenvalue weighted by Crippen LogP contribution is 2.36. The van der Waals surface area contributed by atoms with E-state index in [1.807, 2.05) is 30.3 Å². The number of hydrogen-bond acceptors (Lipinski definition) is 5. The van der Waals surface area contributed by atoms with Crippen LogP contribution in [-0.2, 0) is 20.8 Å². The molecule has 3 aliphatic rings. The molecule has 0 saturated carbocycles. The van der Waals surface area contributed by atoms with Crippen molar-refractivity contribution in [3.8, 4) is 0 Å². The second kappa shape index (κ2) is 6.56.